The number of carbonyl (C=O) groups is 1. The molecule has 2 rings (SSSR count). The van der Waals surface area contributed by atoms with Gasteiger partial charge in [0.25, 0.3) is 0 Å². The number of aliphatic carboxylic acids is 1. The molecule has 0 bridgehead atoms. The van der Waals surface area contributed by atoms with Gasteiger partial charge in [0, 0.05) is 11.4 Å². The summed E-state index contributed by atoms with van der Waals surface area (Å²) < 4.78 is 0. The van der Waals surface area contributed by atoms with E-state index in [0.29, 0.717) is 6.42 Å². The highest BCUT2D eigenvalue weighted by Gasteiger charge is 2.44. The van der Waals surface area contributed by atoms with Crippen molar-refractivity contribution in [2.75, 3.05) is 5.75 Å². The van der Waals surface area contributed by atoms with E-state index in [1.165, 1.54) is 5.56 Å². The first kappa shape index (κ1) is 12.4. The van der Waals surface area contributed by atoms with Crippen molar-refractivity contribution in [2.45, 2.75) is 38.1 Å². The minimum Gasteiger partial charge on any atom is -0.481 e. The molecule has 0 radical (unpaired) electrons. The Hall–Kier alpha value is -1.03. The number of thioether (sulfide) groups is 1. The maximum absolute atomic E-state index is 10.7. The van der Waals surface area contributed by atoms with Crippen LogP contribution in [-0.2, 0) is 4.79 Å². The molecule has 0 saturated heterocycles. The Morgan fingerprint density at radius 2 is 2.18 bits per heavy atom. The van der Waals surface area contributed by atoms with E-state index in [4.69, 9.17) is 5.11 Å². The number of nitrogens with zero attached hydrogens (tertiary/aromatic N) is 1. The summed E-state index contributed by atoms with van der Waals surface area (Å²) in [6.45, 7) is 4.05. The molecule has 1 aliphatic rings. The molecule has 0 spiro atoms. The molecule has 0 aromatic carbocycles. The fraction of sp³-hybridized carbons (Fsp3) is 0.538. The van der Waals surface area contributed by atoms with E-state index in [1.807, 2.05) is 13.0 Å². The van der Waals surface area contributed by atoms with Gasteiger partial charge in [-0.3, -0.25) is 4.79 Å². The first-order valence-electron chi connectivity index (χ1n) is 5.79. The SMILES string of the molecule is Cc1cc(C)nc(SCC2(CC(=O)O)CC2)c1. The number of aromatic nitrogens is 1. The number of hydrogen-bond acceptors (Lipinski definition) is 3. The van der Waals surface area contributed by atoms with Crippen molar-refractivity contribution in [1.82, 2.24) is 4.98 Å². The van der Waals surface area contributed by atoms with E-state index in [9.17, 15) is 4.79 Å². The van der Waals surface area contributed by atoms with Gasteiger partial charge in [0.1, 0.15) is 0 Å². The first-order valence-corrected chi connectivity index (χ1v) is 6.78. The predicted molar refractivity (Wildman–Crippen MR) is 68.4 cm³/mol. The normalized spacial score (nSPS) is 16.8. The molecule has 1 aromatic rings. The summed E-state index contributed by atoms with van der Waals surface area (Å²) in [6, 6.07) is 4.11. The van der Waals surface area contributed by atoms with Gasteiger partial charge in [0.15, 0.2) is 0 Å². The summed E-state index contributed by atoms with van der Waals surface area (Å²) in [5.41, 5.74) is 2.27. The summed E-state index contributed by atoms with van der Waals surface area (Å²) in [7, 11) is 0. The minimum absolute atomic E-state index is 0.0375. The Morgan fingerprint density at radius 1 is 1.47 bits per heavy atom. The van der Waals surface area contributed by atoms with E-state index >= 15 is 0 Å². The molecule has 0 aliphatic heterocycles. The summed E-state index contributed by atoms with van der Waals surface area (Å²) in [6.07, 6.45) is 2.37. The van der Waals surface area contributed by atoms with Crippen LogP contribution in [0.3, 0.4) is 0 Å². The maximum Gasteiger partial charge on any atom is 0.303 e. The zero-order valence-corrected chi connectivity index (χ0v) is 11.0. The Balaban J connectivity index is 1.96. The van der Waals surface area contributed by atoms with Crippen LogP contribution in [0, 0.1) is 19.3 Å². The number of pyridine rings is 1. The highest BCUT2D eigenvalue weighted by molar-refractivity contribution is 7.99. The molecule has 3 nitrogen and oxygen atoms in total. The highest BCUT2D eigenvalue weighted by atomic mass is 32.2. The molecule has 1 aromatic heterocycles. The van der Waals surface area contributed by atoms with Crippen molar-refractivity contribution in [3.05, 3.63) is 23.4 Å². The van der Waals surface area contributed by atoms with Crippen LogP contribution < -0.4 is 0 Å². The molecule has 0 unspecified atom stereocenters. The predicted octanol–water partition coefficient (Wildman–Crippen LogP) is 3.05. The molecule has 1 saturated carbocycles. The van der Waals surface area contributed by atoms with Gasteiger partial charge in [-0.1, -0.05) is 0 Å². The Kier molecular flexibility index (Phi) is 3.43. The average Bonchev–Trinajstić information content (AvgIpc) is 2.93. The number of hydrogen-bond donors (Lipinski definition) is 1. The molecule has 92 valence electrons. The van der Waals surface area contributed by atoms with Crippen LogP contribution in [-0.4, -0.2) is 21.8 Å². The fourth-order valence-electron chi connectivity index (χ4n) is 1.97. The number of aryl methyl sites for hydroxylation is 2. The van der Waals surface area contributed by atoms with Crippen LogP contribution in [0.1, 0.15) is 30.5 Å². The zero-order chi connectivity index (χ0) is 12.5. The number of carboxylic acid groups (broad SMARTS) is 1. The minimum atomic E-state index is -0.684. The fourth-order valence-corrected chi connectivity index (χ4v) is 3.30. The zero-order valence-electron chi connectivity index (χ0n) is 10.2. The van der Waals surface area contributed by atoms with E-state index in [-0.39, 0.29) is 5.41 Å². The van der Waals surface area contributed by atoms with Gasteiger partial charge in [0.05, 0.1) is 11.4 Å². The molecule has 1 fully saturated rings. The van der Waals surface area contributed by atoms with E-state index in [2.05, 4.69) is 18.0 Å². The Labute approximate surface area is 106 Å². The van der Waals surface area contributed by atoms with Crippen molar-refractivity contribution >= 4 is 17.7 Å². The lowest BCUT2D eigenvalue weighted by Gasteiger charge is -2.11. The second-order valence-corrected chi connectivity index (χ2v) is 5.98. The molecule has 0 amide bonds. The molecule has 1 heterocycles. The molecular weight excluding hydrogens is 234 g/mol. The molecular formula is C13H17NO2S. The summed E-state index contributed by atoms with van der Waals surface area (Å²) in [5.74, 6) is 0.186. The quantitative estimate of drug-likeness (QED) is 0.817. The smallest absolute Gasteiger partial charge is 0.303 e. The van der Waals surface area contributed by atoms with Crippen LogP contribution in [0.25, 0.3) is 0 Å². The van der Waals surface area contributed by atoms with Gasteiger partial charge in [-0.2, -0.15) is 0 Å². The van der Waals surface area contributed by atoms with Gasteiger partial charge in [-0.25, -0.2) is 4.98 Å². The maximum atomic E-state index is 10.7. The topological polar surface area (TPSA) is 50.2 Å². The van der Waals surface area contributed by atoms with Crippen LogP contribution in [0.2, 0.25) is 0 Å². The van der Waals surface area contributed by atoms with Gasteiger partial charge in [-0.15, -0.1) is 11.8 Å². The van der Waals surface area contributed by atoms with Crippen LogP contribution in [0.4, 0.5) is 0 Å². The monoisotopic (exact) mass is 251 g/mol. The Morgan fingerprint density at radius 3 is 2.71 bits per heavy atom. The molecule has 0 atom stereocenters. The average molecular weight is 251 g/mol. The molecule has 17 heavy (non-hydrogen) atoms. The Bertz CT molecular complexity index is 421. The van der Waals surface area contributed by atoms with Crippen molar-refractivity contribution < 1.29 is 9.90 Å². The largest absolute Gasteiger partial charge is 0.481 e. The lowest BCUT2D eigenvalue weighted by molar-refractivity contribution is -0.138. The summed E-state index contributed by atoms with van der Waals surface area (Å²) >= 11 is 1.69. The molecule has 4 heteroatoms. The first-order chi connectivity index (χ1) is 7.99. The van der Waals surface area contributed by atoms with Crippen LogP contribution in [0.5, 0.6) is 0 Å². The summed E-state index contributed by atoms with van der Waals surface area (Å²) in [4.78, 5) is 15.2. The van der Waals surface area contributed by atoms with Crippen LogP contribution >= 0.6 is 11.8 Å². The summed E-state index contributed by atoms with van der Waals surface area (Å²) in [5, 5.41) is 9.86. The lowest BCUT2D eigenvalue weighted by Crippen LogP contribution is -2.11. The van der Waals surface area contributed by atoms with Crippen molar-refractivity contribution in [3.63, 3.8) is 0 Å². The van der Waals surface area contributed by atoms with E-state index < -0.39 is 5.97 Å². The van der Waals surface area contributed by atoms with Gasteiger partial charge in [0.2, 0.25) is 0 Å². The van der Waals surface area contributed by atoms with Crippen LogP contribution in [0.15, 0.2) is 17.2 Å². The molecule has 1 aliphatic carbocycles. The van der Waals surface area contributed by atoms with Crippen molar-refractivity contribution in [1.29, 1.82) is 0 Å². The second kappa shape index (κ2) is 4.69. The lowest BCUT2D eigenvalue weighted by atomic mass is 10.1. The number of rotatable bonds is 5. The molecule has 1 N–H and O–H groups in total. The third-order valence-electron chi connectivity index (χ3n) is 3.08. The van der Waals surface area contributed by atoms with E-state index in [1.54, 1.807) is 11.8 Å². The highest BCUT2D eigenvalue weighted by Crippen LogP contribution is 2.51. The number of carboxylic acids is 1. The third-order valence-corrected chi connectivity index (χ3v) is 4.35. The van der Waals surface area contributed by atoms with Crippen molar-refractivity contribution in [2.24, 2.45) is 5.41 Å². The third kappa shape index (κ3) is 3.46. The standard InChI is InChI=1S/C13H17NO2S/c1-9-5-10(2)14-11(6-9)17-8-13(3-4-13)7-12(15)16/h5-6H,3-4,7-8H2,1-2H3,(H,15,16). The van der Waals surface area contributed by atoms with Gasteiger partial charge < -0.3 is 5.11 Å². The van der Waals surface area contributed by atoms with Gasteiger partial charge >= 0.3 is 5.97 Å². The van der Waals surface area contributed by atoms with Gasteiger partial charge in [-0.05, 0) is 49.8 Å². The van der Waals surface area contributed by atoms with E-state index in [0.717, 1.165) is 29.3 Å². The second-order valence-electron chi connectivity index (χ2n) is 4.98. The van der Waals surface area contributed by atoms with Crippen molar-refractivity contribution in [3.8, 4) is 0 Å².